The van der Waals surface area contributed by atoms with E-state index >= 15 is 0 Å². The fourth-order valence-corrected chi connectivity index (χ4v) is 2.08. The van der Waals surface area contributed by atoms with Crippen LogP contribution in [0.1, 0.15) is 39.5 Å². The van der Waals surface area contributed by atoms with Crippen molar-refractivity contribution in [2.75, 3.05) is 0 Å². The van der Waals surface area contributed by atoms with Crippen molar-refractivity contribution in [3.8, 4) is 0 Å². The summed E-state index contributed by atoms with van der Waals surface area (Å²) < 4.78 is 0. The molecule has 0 unspecified atom stereocenters. The predicted octanol–water partition coefficient (Wildman–Crippen LogP) is 2.39. The zero-order valence-corrected chi connectivity index (χ0v) is 8.16. The predicted molar refractivity (Wildman–Crippen MR) is 53.0 cm³/mol. The van der Waals surface area contributed by atoms with Crippen LogP contribution in [0.5, 0.6) is 0 Å². The number of rotatable bonds is 2. The minimum absolute atomic E-state index is 0.657. The van der Waals surface area contributed by atoms with Crippen LogP contribution in [-0.2, 0) is 0 Å². The van der Waals surface area contributed by atoms with Gasteiger partial charge >= 0.3 is 0 Å². The average Bonchev–Trinajstić information content (AvgIpc) is 2.06. The van der Waals surface area contributed by atoms with Gasteiger partial charge in [-0.1, -0.05) is 13.8 Å². The molecular weight excluding hydrogens is 148 g/mol. The lowest BCUT2D eigenvalue weighted by Gasteiger charge is -2.28. The van der Waals surface area contributed by atoms with Gasteiger partial charge in [0, 0.05) is 6.21 Å². The van der Waals surface area contributed by atoms with Crippen LogP contribution in [0.3, 0.4) is 0 Å². The Morgan fingerprint density at radius 1 is 1.25 bits per heavy atom. The van der Waals surface area contributed by atoms with Crippen LogP contribution in [-0.4, -0.2) is 6.21 Å². The maximum atomic E-state index is 5.12. The van der Waals surface area contributed by atoms with E-state index in [9.17, 15) is 0 Å². The molecule has 0 heterocycles. The SMILES string of the molecule is CC(C)C1CCC(/C=N/N)CC1. The summed E-state index contributed by atoms with van der Waals surface area (Å²) in [7, 11) is 0. The monoisotopic (exact) mass is 168 g/mol. The molecule has 2 heteroatoms. The maximum absolute atomic E-state index is 5.12. The molecule has 0 aromatic carbocycles. The topological polar surface area (TPSA) is 38.4 Å². The molecule has 0 spiro atoms. The normalized spacial score (nSPS) is 31.6. The van der Waals surface area contributed by atoms with Crippen molar-refractivity contribution in [2.24, 2.45) is 28.7 Å². The van der Waals surface area contributed by atoms with Crippen molar-refractivity contribution in [3.63, 3.8) is 0 Å². The van der Waals surface area contributed by atoms with Gasteiger partial charge in [0.15, 0.2) is 0 Å². The summed E-state index contributed by atoms with van der Waals surface area (Å²) in [6, 6.07) is 0. The minimum atomic E-state index is 0.657. The first-order valence-electron chi connectivity index (χ1n) is 4.97. The molecule has 0 amide bonds. The molecule has 0 aromatic rings. The van der Waals surface area contributed by atoms with E-state index in [1.54, 1.807) is 0 Å². The molecule has 1 rings (SSSR count). The van der Waals surface area contributed by atoms with Crippen LogP contribution < -0.4 is 5.84 Å². The zero-order chi connectivity index (χ0) is 8.97. The zero-order valence-electron chi connectivity index (χ0n) is 8.16. The van der Waals surface area contributed by atoms with Gasteiger partial charge in [0.1, 0.15) is 0 Å². The number of nitrogens with two attached hydrogens (primary N) is 1. The Kier molecular flexibility index (Phi) is 3.57. The second-order valence-electron chi connectivity index (χ2n) is 4.22. The van der Waals surface area contributed by atoms with E-state index in [0.717, 1.165) is 11.8 Å². The number of hydrogen-bond acceptors (Lipinski definition) is 2. The van der Waals surface area contributed by atoms with Crippen molar-refractivity contribution in [3.05, 3.63) is 0 Å². The van der Waals surface area contributed by atoms with E-state index in [-0.39, 0.29) is 0 Å². The molecule has 2 N–H and O–H groups in total. The molecule has 12 heavy (non-hydrogen) atoms. The highest BCUT2D eigenvalue weighted by Gasteiger charge is 2.21. The van der Waals surface area contributed by atoms with Gasteiger partial charge in [-0.3, -0.25) is 0 Å². The van der Waals surface area contributed by atoms with Crippen LogP contribution in [0.2, 0.25) is 0 Å². The minimum Gasteiger partial charge on any atom is -0.324 e. The van der Waals surface area contributed by atoms with Gasteiger partial charge < -0.3 is 5.84 Å². The standard InChI is InChI=1S/C10H20N2/c1-8(2)10-5-3-9(4-6-10)7-12-11/h7-10H,3-6,11H2,1-2H3/b12-7+. The molecule has 1 aliphatic rings. The van der Waals surface area contributed by atoms with Crippen LogP contribution in [0.25, 0.3) is 0 Å². The third-order valence-electron chi connectivity index (χ3n) is 3.06. The van der Waals surface area contributed by atoms with E-state index < -0.39 is 0 Å². The van der Waals surface area contributed by atoms with Crippen molar-refractivity contribution in [1.29, 1.82) is 0 Å². The van der Waals surface area contributed by atoms with E-state index in [0.29, 0.717) is 5.92 Å². The van der Waals surface area contributed by atoms with Gasteiger partial charge in [-0.15, -0.1) is 0 Å². The Morgan fingerprint density at radius 2 is 1.83 bits per heavy atom. The summed E-state index contributed by atoms with van der Waals surface area (Å²) in [5.41, 5.74) is 0. The van der Waals surface area contributed by atoms with Crippen molar-refractivity contribution >= 4 is 6.21 Å². The maximum Gasteiger partial charge on any atom is 0.0271 e. The Balaban J connectivity index is 2.29. The molecule has 1 saturated carbocycles. The largest absolute Gasteiger partial charge is 0.324 e. The Labute approximate surface area is 75.2 Å². The third-order valence-corrected chi connectivity index (χ3v) is 3.06. The molecule has 1 aliphatic carbocycles. The Bertz CT molecular complexity index is 144. The molecule has 0 bridgehead atoms. The number of nitrogens with zero attached hydrogens (tertiary/aromatic N) is 1. The van der Waals surface area contributed by atoms with Gasteiger partial charge in [0.25, 0.3) is 0 Å². The lowest BCUT2D eigenvalue weighted by atomic mass is 9.77. The highest BCUT2D eigenvalue weighted by molar-refractivity contribution is 5.60. The lowest BCUT2D eigenvalue weighted by molar-refractivity contribution is 0.257. The second kappa shape index (κ2) is 4.48. The fourth-order valence-electron chi connectivity index (χ4n) is 2.08. The van der Waals surface area contributed by atoms with Gasteiger partial charge in [0.2, 0.25) is 0 Å². The lowest BCUT2D eigenvalue weighted by Crippen LogP contribution is -2.19. The van der Waals surface area contributed by atoms with E-state index in [1.807, 2.05) is 6.21 Å². The molecule has 0 saturated heterocycles. The summed E-state index contributed by atoms with van der Waals surface area (Å²) >= 11 is 0. The molecule has 0 aliphatic heterocycles. The first kappa shape index (κ1) is 9.56. The third kappa shape index (κ3) is 2.50. The van der Waals surface area contributed by atoms with Crippen molar-refractivity contribution < 1.29 is 0 Å². The van der Waals surface area contributed by atoms with Crippen LogP contribution in [0, 0.1) is 17.8 Å². The van der Waals surface area contributed by atoms with Gasteiger partial charge in [-0.05, 0) is 43.4 Å². The van der Waals surface area contributed by atoms with E-state index in [1.165, 1.54) is 25.7 Å². The van der Waals surface area contributed by atoms with Crippen molar-refractivity contribution in [1.82, 2.24) is 0 Å². The molecule has 2 nitrogen and oxygen atoms in total. The van der Waals surface area contributed by atoms with Gasteiger partial charge in [-0.2, -0.15) is 5.10 Å². The van der Waals surface area contributed by atoms with Gasteiger partial charge in [0.05, 0.1) is 0 Å². The molecule has 1 fully saturated rings. The number of hydrogen-bond donors (Lipinski definition) is 1. The summed E-state index contributed by atoms with van der Waals surface area (Å²) in [5, 5.41) is 3.60. The fraction of sp³-hybridized carbons (Fsp3) is 0.900. The van der Waals surface area contributed by atoms with Crippen molar-refractivity contribution in [2.45, 2.75) is 39.5 Å². The highest BCUT2D eigenvalue weighted by Crippen LogP contribution is 2.32. The van der Waals surface area contributed by atoms with Crippen LogP contribution in [0.15, 0.2) is 5.10 Å². The molecule has 0 radical (unpaired) electrons. The van der Waals surface area contributed by atoms with E-state index in [2.05, 4.69) is 18.9 Å². The first-order valence-corrected chi connectivity index (χ1v) is 4.97. The summed E-state index contributed by atoms with van der Waals surface area (Å²) in [4.78, 5) is 0. The van der Waals surface area contributed by atoms with Crippen LogP contribution in [0.4, 0.5) is 0 Å². The second-order valence-corrected chi connectivity index (χ2v) is 4.22. The average molecular weight is 168 g/mol. The molecule has 0 aromatic heterocycles. The molecular formula is C10H20N2. The Hall–Kier alpha value is -0.530. The quantitative estimate of drug-likeness (QED) is 0.384. The molecule has 70 valence electrons. The molecule has 0 atom stereocenters. The first-order chi connectivity index (χ1) is 5.74. The number of hydrazone groups is 1. The van der Waals surface area contributed by atoms with E-state index in [4.69, 9.17) is 5.84 Å². The summed E-state index contributed by atoms with van der Waals surface area (Å²) in [6.07, 6.45) is 7.19. The smallest absolute Gasteiger partial charge is 0.0271 e. The Morgan fingerprint density at radius 3 is 2.25 bits per heavy atom. The summed E-state index contributed by atoms with van der Waals surface area (Å²) in [5.74, 6) is 7.57. The summed E-state index contributed by atoms with van der Waals surface area (Å²) in [6.45, 7) is 4.64. The van der Waals surface area contributed by atoms with Crippen LogP contribution >= 0.6 is 0 Å². The van der Waals surface area contributed by atoms with Gasteiger partial charge in [-0.25, -0.2) is 0 Å². The highest BCUT2D eigenvalue weighted by atomic mass is 15.1.